The van der Waals surface area contributed by atoms with Crippen molar-refractivity contribution in [3.63, 3.8) is 0 Å². The first kappa shape index (κ1) is 25.0. The first-order valence-corrected chi connectivity index (χ1v) is 13.2. The molecule has 3 aromatic rings. The minimum absolute atomic E-state index is 0.0418. The number of hydrogen-bond donors (Lipinski definition) is 1. The highest BCUT2D eigenvalue weighted by molar-refractivity contribution is 8.00. The molecule has 0 bridgehead atoms. The fourth-order valence-corrected chi connectivity index (χ4v) is 5.47. The summed E-state index contributed by atoms with van der Waals surface area (Å²) in [6, 6.07) is 20.1. The largest absolute Gasteiger partial charge is 0.322 e. The fourth-order valence-electron chi connectivity index (χ4n) is 4.30. The highest BCUT2D eigenvalue weighted by atomic mass is 32.2. The van der Waals surface area contributed by atoms with Gasteiger partial charge in [-0.25, -0.2) is 4.39 Å². The van der Waals surface area contributed by atoms with Gasteiger partial charge in [-0.3, -0.25) is 14.5 Å². The van der Waals surface area contributed by atoms with Gasteiger partial charge in [0.2, 0.25) is 5.91 Å². The Morgan fingerprint density at radius 3 is 2.49 bits per heavy atom. The lowest BCUT2D eigenvalue weighted by molar-refractivity contribution is -0.115. The Hall–Kier alpha value is -3.12. The lowest BCUT2D eigenvalue weighted by atomic mass is 10.0. The van der Waals surface area contributed by atoms with Crippen LogP contribution in [-0.4, -0.2) is 17.6 Å². The molecule has 4 rings (SSSR count). The molecule has 35 heavy (non-hydrogen) atoms. The number of amides is 2. The second kappa shape index (κ2) is 11.5. The Kier molecular flexibility index (Phi) is 8.24. The number of anilines is 2. The predicted octanol–water partition coefficient (Wildman–Crippen LogP) is 7.29. The molecule has 1 heterocycles. The van der Waals surface area contributed by atoms with E-state index in [2.05, 4.69) is 12.2 Å². The second-order valence-corrected chi connectivity index (χ2v) is 9.96. The van der Waals surface area contributed by atoms with Crippen molar-refractivity contribution in [2.75, 3.05) is 16.0 Å². The fraction of sp³-hybridized carbons (Fsp3) is 0.310. The van der Waals surface area contributed by atoms with E-state index < -0.39 is 0 Å². The number of nitrogens with zero attached hydrogens (tertiary/aromatic N) is 1. The number of nitrogens with one attached hydrogen (secondary N) is 1. The first-order chi connectivity index (χ1) is 17.0. The van der Waals surface area contributed by atoms with E-state index in [9.17, 15) is 14.0 Å². The molecule has 1 aliphatic heterocycles. The smallest absolute Gasteiger partial charge is 0.255 e. The third-order valence-corrected chi connectivity index (χ3v) is 7.57. The van der Waals surface area contributed by atoms with E-state index in [1.807, 2.05) is 48.5 Å². The van der Waals surface area contributed by atoms with Gasteiger partial charge in [0.15, 0.2) is 0 Å². The van der Waals surface area contributed by atoms with E-state index in [-0.39, 0.29) is 23.0 Å². The van der Waals surface area contributed by atoms with Crippen molar-refractivity contribution in [3.05, 3.63) is 94.8 Å². The van der Waals surface area contributed by atoms with Crippen molar-refractivity contribution in [3.8, 4) is 0 Å². The number of benzene rings is 3. The van der Waals surface area contributed by atoms with E-state index in [0.717, 1.165) is 12.0 Å². The average Bonchev–Trinajstić information content (AvgIpc) is 3.25. The molecule has 3 aromatic carbocycles. The molecule has 2 amide bonds. The lowest BCUT2D eigenvalue weighted by Gasteiger charge is -2.26. The normalized spacial score (nSPS) is 15.5. The molecule has 0 aliphatic carbocycles. The summed E-state index contributed by atoms with van der Waals surface area (Å²) in [4.78, 5) is 27.0. The van der Waals surface area contributed by atoms with Crippen molar-refractivity contribution >= 4 is 35.0 Å². The van der Waals surface area contributed by atoms with Crippen LogP contribution in [0.25, 0.3) is 0 Å². The molecule has 1 atom stereocenters. The molecule has 0 saturated carbocycles. The molecule has 6 heteroatoms. The molecule has 182 valence electrons. The van der Waals surface area contributed by atoms with Crippen molar-refractivity contribution in [1.82, 2.24) is 0 Å². The summed E-state index contributed by atoms with van der Waals surface area (Å²) in [6.45, 7) is 3.90. The maximum absolute atomic E-state index is 14.1. The number of rotatable bonds is 9. The summed E-state index contributed by atoms with van der Waals surface area (Å²) in [5.74, 6) is -0.181. The van der Waals surface area contributed by atoms with E-state index in [4.69, 9.17) is 0 Å². The van der Waals surface area contributed by atoms with E-state index >= 15 is 0 Å². The van der Waals surface area contributed by atoms with Crippen LogP contribution >= 0.6 is 11.8 Å². The van der Waals surface area contributed by atoms with Gasteiger partial charge in [0, 0.05) is 16.8 Å². The molecule has 0 unspecified atom stereocenters. The van der Waals surface area contributed by atoms with Gasteiger partial charge < -0.3 is 5.32 Å². The predicted molar refractivity (Wildman–Crippen MR) is 143 cm³/mol. The summed E-state index contributed by atoms with van der Waals surface area (Å²) in [6.07, 6.45) is 5.94. The van der Waals surface area contributed by atoms with Crippen molar-refractivity contribution in [2.24, 2.45) is 0 Å². The van der Waals surface area contributed by atoms with Crippen LogP contribution in [0.5, 0.6) is 0 Å². The maximum atomic E-state index is 14.1. The van der Waals surface area contributed by atoms with Crippen LogP contribution in [0.4, 0.5) is 15.8 Å². The van der Waals surface area contributed by atoms with Crippen molar-refractivity contribution in [2.45, 2.75) is 51.3 Å². The molecule has 1 aliphatic rings. The molecule has 4 nitrogen and oxygen atoms in total. The third kappa shape index (κ3) is 5.93. The number of carbonyl (C=O) groups excluding carboxylic acids is 2. The number of halogens is 1. The highest BCUT2D eigenvalue weighted by Gasteiger charge is 2.35. The summed E-state index contributed by atoms with van der Waals surface area (Å²) >= 11 is 1.51. The minimum atomic E-state index is -0.325. The van der Waals surface area contributed by atoms with Crippen molar-refractivity contribution in [1.29, 1.82) is 0 Å². The number of hydrogen-bond acceptors (Lipinski definition) is 3. The molecular weight excluding hydrogens is 459 g/mol. The number of carbonyl (C=O) groups is 2. The minimum Gasteiger partial charge on any atom is -0.322 e. The maximum Gasteiger partial charge on any atom is 0.255 e. The Balaban J connectivity index is 1.41. The van der Waals surface area contributed by atoms with E-state index in [1.165, 1.54) is 49.1 Å². The summed E-state index contributed by atoms with van der Waals surface area (Å²) < 4.78 is 14.1. The van der Waals surface area contributed by atoms with Crippen LogP contribution in [0.2, 0.25) is 0 Å². The Labute approximate surface area is 210 Å². The van der Waals surface area contributed by atoms with Crippen LogP contribution in [0.3, 0.4) is 0 Å². The molecular formula is C29H31FN2O2S. The van der Waals surface area contributed by atoms with Gasteiger partial charge in [-0.1, -0.05) is 56.5 Å². The second-order valence-electron chi connectivity index (χ2n) is 8.89. The zero-order chi connectivity index (χ0) is 24.8. The molecule has 0 radical (unpaired) electrons. The molecule has 1 saturated heterocycles. The zero-order valence-corrected chi connectivity index (χ0v) is 21.0. The number of aryl methyl sites for hydroxylation is 1. The van der Waals surface area contributed by atoms with Gasteiger partial charge >= 0.3 is 0 Å². The van der Waals surface area contributed by atoms with E-state index in [1.54, 1.807) is 24.0 Å². The van der Waals surface area contributed by atoms with Crippen LogP contribution < -0.4 is 10.2 Å². The van der Waals surface area contributed by atoms with Gasteiger partial charge in [-0.2, -0.15) is 0 Å². The summed E-state index contributed by atoms with van der Waals surface area (Å²) in [5, 5.41) is 2.71. The van der Waals surface area contributed by atoms with Gasteiger partial charge in [-0.05, 0) is 67.3 Å². The first-order valence-electron chi connectivity index (χ1n) is 12.2. The SMILES string of the molecule is CCCCCCc1ccc(C(=O)Nc2ccc([C@@H]3SCC(=O)N3c3cccc(F)c3C)cc2)cc1. The summed E-state index contributed by atoms with van der Waals surface area (Å²) in [5.41, 5.74) is 4.54. The van der Waals surface area contributed by atoms with E-state index in [0.29, 0.717) is 28.3 Å². The average molecular weight is 491 g/mol. The Morgan fingerprint density at radius 2 is 1.77 bits per heavy atom. The standard InChI is InChI=1S/C29H31FN2O2S/c1-3-4-5-6-8-21-11-13-22(14-12-21)28(34)31-24-17-15-23(16-18-24)29-32(27(33)19-35-29)26-10-7-9-25(30)20(26)2/h7,9-18,29H,3-6,8,19H2,1-2H3,(H,31,34)/t29-/m0/s1. The monoisotopic (exact) mass is 490 g/mol. The van der Waals surface area contributed by atoms with Gasteiger partial charge in [-0.15, -0.1) is 11.8 Å². The van der Waals surface area contributed by atoms with Crippen LogP contribution in [0.1, 0.15) is 65.0 Å². The zero-order valence-electron chi connectivity index (χ0n) is 20.2. The molecule has 0 spiro atoms. The topological polar surface area (TPSA) is 49.4 Å². The highest BCUT2D eigenvalue weighted by Crippen LogP contribution is 2.43. The quantitative estimate of drug-likeness (QED) is 0.321. The molecule has 0 aromatic heterocycles. The van der Waals surface area contributed by atoms with Crippen molar-refractivity contribution < 1.29 is 14.0 Å². The Morgan fingerprint density at radius 1 is 1.03 bits per heavy atom. The van der Waals surface area contributed by atoms with Gasteiger partial charge in [0.05, 0.1) is 11.4 Å². The van der Waals surface area contributed by atoms with Crippen LogP contribution in [0, 0.1) is 12.7 Å². The summed E-state index contributed by atoms with van der Waals surface area (Å²) in [7, 11) is 0. The van der Waals surface area contributed by atoms with Gasteiger partial charge in [0.1, 0.15) is 11.2 Å². The number of thioether (sulfide) groups is 1. The molecule has 1 fully saturated rings. The Bertz CT molecular complexity index is 1180. The van der Waals surface area contributed by atoms with Crippen LogP contribution in [-0.2, 0) is 11.2 Å². The lowest BCUT2D eigenvalue weighted by Crippen LogP contribution is -2.28. The molecule has 1 N–H and O–H groups in total. The van der Waals surface area contributed by atoms with Gasteiger partial charge in [0.25, 0.3) is 5.91 Å². The third-order valence-electron chi connectivity index (χ3n) is 6.36. The number of unbranched alkanes of at least 4 members (excludes halogenated alkanes) is 3. The van der Waals surface area contributed by atoms with Crippen LogP contribution in [0.15, 0.2) is 66.7 Å².